The number of morpholine rings is 1. The highest BCUT2D eigenvalue weighted by Gasteiger charge is 2.46. The fraction of sp³-hybridized carbons (Fsp3) is 0.360. The van der Waals surface area contributed by atoms with E-state index in [0.29, 0.717) is 31.9 Å². The predicted molar refractivity (Wildman–Crippen MR) is 126 cm³/mol. The van der Waals surface area contributed by atoms with Crippen LogP contribution in [-0.4, -0.2) is 66.0 Å². The molecule has 2 aromatic rings. The van der Waals surface area contributed by atoms with Crippen molar-refractivity contribution in [3.05, 3.63) is 74.8 Å². The maximum absolute atomic E-state index is 13.2. The van der Waals surface area contributed by atoms with Crippen LogP contribution >= 0.6 is 15.9 Å². The fourth-order valence-electron chi connectivity index (χ4n) is 4.34. The lowest BCUT2D eigenvalue weighted by molar-refractivity contribution is -0.140. The lowest BCUT2D eigenvalue weighted by Gasteiger charge is -2.31. The van der Waals surface area contributed by atoms with Crippen LogP contribution < -0.4 is 0 Å². The quantitative estimate of drug-likeness (QED) is 0.385. The van der Waals surface area contributed by atoms with Crippen LogP contribution in [0.4, 0.5) is 0 Å². The number of carbonyl (C=O) groups is 2. The topological polar surface area (TPSA) is 70.1 Å². The van der Waals surface area contributed by atoms with Crippen LogP contribution in [0.5, 0.6) is 0 Å². The second-order valence-electron chi connectivity index (χ2n) is 8.32. The van der Waals surface area contributed by atoms with Crippen LogP contribution in [0.25, 0.3) is 5.76 Å². The molecule has 2 aromatic carbocycles. The summed E-state index contributed by atoms with van der Waals surface area (Å²) in [5.74, 6) is -1.34. The summed E-state index contributed by atoms with van der Waals surface area (Å²) in [6.45, 7) is 7.79. The normalized spacial score (nSPS) is 21.3. The Balaban J connectivity index is 1.78. The van der Waals surface area contributed by atoms with Gasteiger partial charge in [-0.05, 0) is 43.2 Å². The molecule has 168 valence electrons. The summed E-state index contributed by atoms with van der Waals surface area (Å²) in [6, 6.07) is 12.6. The number of rotatable bonds is 5. The Morgan fingerprint density at radius 3 is 2.56 bits per heavy atom. The number of hydrogen-bond donors (Lipinski definition) is 1. The molecular formula is C25H27BrN2O4. The minimum Gasteiger partial charge on any atom is -0.507 e. The van der Waals surface area contributed by atoms with Crippen LogP contribution in [0.2, 0.25) is 0 Å². The second kappa shape index (κ2) is 9.57. The van der Waals surface area contributed by atoms with Gasteiger partial charge in [0.2, 0.25) is 0 Å². The van der Waals surface area contributed by atoms with E-state index in [4.69, 9.17) is 4.74 Å². The van der Waals surface area contributed by atoms with Crippen LogP contribution in [-0.2, 0) is 14.3 Å². The molecule has 1 atom stereocenters. The van der Waals surface area contributed by atoms with Crippen molar-refractivity contribution < 1.29 is 19.4 Å². The average molecular weight is 499 g/mol. The average Bonchev–Trinajstić information content (AvgIpc) is 3.04. The zero-order valence-electron chi connectivity index (χ0n) is 18.3. The molecule has 0 spiro atoms. The number of halogens is 1. The zero-order chi connectivity index (χ0) is 22.8. The van der Waals surface area contributed by atoms with Gasteiger partial charge in [0.05, 0.1) is 24.8 Å². The largest absolute Gasteiger partial charge is 0.507 e. The van der Waals surface area contributed by atoms with Gasteiger partial charge in [-0.3, -0.25) is 14.5 Å². The van der Waals surface area contributed by atoms with E-state index in [2.05, 4.69) is 20.8 Å². The number of ether oxygens (including phenoxy) is 1. The van der Waals surface area contributed by atoms with E-state index in [0.717, 1.165) is 34.3 Å². The summed E-state index contributed by atoms with van der Waals surface area (Å²) in [6.07, 6.45) is 0. The van der Waals surface area contributed by atoms with Crippen LogP contribution in [0.15, 0.2) is 52.5 Å². The molecule has 7 heteroatoms. The molecule has 0 saturated carbocycles. The van der Waals surface area contributed by atoms with E-state index in [1.165, 1.54) is 0 Å². The molecule has 2 aliphatic rings. The number of benzene rings is 2. The third-order valence-electron chi connectivity index (χ3n) is 6.11. The van der Waals surface area contributed by atoms with Crippen molar-refractivity contribution in [1.82, 2.24) is 9.80 Å². The van der Waals surface area contributed by atoms with E-state index in [9.17, 15) is 14.7 Å². The SMILES string of the molecule is Cc1ccc(C)c(C(O)=C2C(=O)C(=O)N(CCN3CCOCC3)C2c2cccc(Br)c2)c1. The lowest BCUT2D eigenvalue weighted by atomic mass is 9.93. The minimum absolute atomic E-state index is 0.122. The molecule has 1 unspecified atom stereocenters. The maximum atomic E-state index is 13.2. The molecule has 6 nitrogen and oxygen atoms in total. The first-order chi connectivity index (χ1) is 15.4. The van der Waals surface area contributed by atoms with Gasteiger partial charge in [0.25, 0.3) is 11.7 Å². The van der Waals surface area contributed by atoms with Crippen LogP contribution in [0, 0.1) is 13.8 Å². The predicted octanol–water partition coefficient (Wildman–Crippen LogP) is 3.82. The van der Waals surface area contributed by atoms with Gasteiger partial charge in [0.15, 0.2) is 0 Å². The first-order valence-corrected chi connectivity index (χ1v) is 11.6. The van der Waals surface area contributed by atoms with Gasteiger partial charge in [0, 0.05) is 36.2 Å². The minimum atomic E-state index is -0.645. The number of aliphatic hydroxyl groups excluding tert-OH is 1. The molecule has 0 aromatic heterocycles. The van der Waals surface area contributed by atoms with Crippen molar-refractivity contribution in [2.75, 3.05) is 39.4 Å². The Bertz CT molecular complexity index is 1080. The zero-order valence-corrected chi connectivity index (χ0v) is 19.9. The standard InChI is InChI=1S/C25H27BrN2O4/c1-16-6-7-17(2)20(14-16)23(29)21-22(18-4-3-5-19(26)15-18)28(25(31)24(21)30)9-8-27-10-12-32-13-11-27/h3-7,14-15,22,29H,8-13H2,1-2H3. The van der Waals surface area contributed by atoms with Gasteiger partial charge in [-0.25, -0.2) is 0 Å². The van der Waals surface area contributed by atoms with Crippen LogP contribution in [0.1, 0.15) is 28.3 Å². The van der Waals surface area contributed by atoms with Crippen molar-refractivity contribution >= 4 is 33.4 Å². The van der Waals surface area contributed by atoms with E-state index in [-0.39, 0.29) is 11.3 Å². The Kier molecular flexibility index (Phi) is 6.79. The van der Waals surface area contributed by atoms with E-state index in [1.54, 1.807) is 4.90 Å². The van der Waals surface area contributed by atoms with E-state index in [1.807, 2.05) is 56.3 Å². The molecular weight excluding hydrogens is 472 g/mol. The smallest absolute Gasteiger partial charge is 0.295 e. The van der Waals surface area contributed by atoms with Gasteiger partial charge in [-0.2, -0.15) is 0 Å². The van der Waals surface area contributed by atoms with Crippen LogP contribution in [0.3, 0.4) is 0 Å². The van der Waals surface area contributed by atoms with Crippen molar-refractivity contribution in [2.45, 2.75) is 19.9 Å². The number of likely N-dealkylation sites (tertiary alicyclic amines) is 1. The number of aryl methyl sites for hydroxylation is 2. The number of nitrogens with zero attached hydrogens (tertiary/aromatic N) is 2. The fourth-order valence-corrected chi connectivity index (χ4v) is 4.76. The Hall–Kier alpha value is -2.48. The third-order valence-corrected chi connectivity index (χ3v) is 6.61. The van der Waals surface area contributed by atoms with E-state index >= 15 is 0 Å². The van der Waals surface area contributed by atoms with Gasteiger partial charge < -0.3 is 14.7 Å². The lowest BCUT2D eigenvalue weighted by Crippen LogP contribution is -2.42. The Morgan fingerprint density at radius 1 is 1.09 bits per heavy atom. The number of aliphatic hydroxyl groups is 1. The first kappa shape index (κ1) is 22.7. The Morgan fingerprint density at radius 2 is 1.84 bits per heavy atom. The van der Waals surface area contributed by atoms with Crippen molar-refractivity contribution in [3.8, 4) is 0 Å². The van der Waals surface area contributed by atoms with Crippen molar-refractivity contribution in [1.29, 1.82) is 0 Å². The molecule has 0 radical (unpaired) electrons. The molecule has 2 fully saturated rings. The molecule has 0 aliphatic carbocycles. The summed E-state index contributed by atoms with van der Waals surface area (Å²) in [5.41, 5.74) is 3.32. The number of ketones is 1. The second-order valence-corrected chi connectivity index (χ2v) is 9.24. The molecule has 1 amide bonds. The Labute approximate surface area is 196 Å². The molecule has 1 N–H and O–H groups in total. The molecule has 32 heavy (non-hydrogen) atoms. The number of amides is 1. The van der Waals surface area contributed by atoms with Crippen molar-refractivity contribution in [3.63, 3.8) is 0 Å². The van der Waals surface area contributed by atoms with Gasteiger partial charge in [-0.15, -0.1) is 0 Å². The molecule has 4 rings (SSSR count). The summed E-state index contributed by atoms with van der Waals surface area (Å²) >= 11 is 3.49. The third kappa shape index (κ3) is 4.51. The van der Waals surface area contributed by atoms with Crippen molar-refractivity contribution in [2.24, 2.45) is 0 Å². The number of carbonyl (C=O) groups excluding carboxylic acids is 2. The summed E-state index contributed by atoms with van der Waals surface area (Å²) in [5, 5.41) is 11.3. The molecule has 0 bridgehead atoms. The number of Topliss-reactive ketones (excluding diaryl/α,β-unsaturated/α-hetero) is 1. The highest BCUT2D eigenvalue weighted by atomic mass is 79.9. The number of hydrogen-bond acceptors (Lipinski definition) is 5. The molecule has 2 aliphatic heterocycles. The first-order valence-electron chi connectivity index (χ1n) is 10.8. The summed E-state index contributed by atoms with van der Waals surface area (Å²) < 4.78 is 6.26. The summed E-state index contributed by atoms with van der Waals surface area (Å²) in [4.78, 5) is 30.1. The van der Waals surface area contributed by atoms with E-state index < -0.39 is 17.7 Å². The highest BCUT2D eigenvalue weighted by molar-refractivity contribution is 9.10. The van der Waals surface area contributed by atoms with Gasteiger partial charge >= 0.3 is 0 Å². The van der Waals surface area contributed by atoms with Gasteiger partial charge in [-0.1, -0.05) is 45.8 Å². The molecule has 2 heterocycles. The summed E-state index contributed by atoms with van der Waals surface area (Å²) in [7, 11) is 0. The molecule has 2 saturated heterocycles. The monoisotopic (exact) mass is 498 g/mol. The maximum Gasteiger partial charge on any atom is 0.295 e. The highest BCUT2D eigenvalue weighted by Crippen LogP contribution is 2.40. The van der Waals surface area contributed by atoms with Gasteiger partial charge in [0.1, 0.15) is 5.76 Å².